The van der Waals surface area contributed by atoms with Gasteiger partial charge in [-0.15, -0.1) is 6.58 Å². The van der Waals surface area contributed by atoms with Crippen molar-refractivity contribution in [2.24, 2.45) is 0 Å². The van der Waals surface area contributed by atoms with Crippen LogP contribution < -0.4 is 5.32 Å². The first kappa shape index (κ1) is 16.9. The van der Waals surface area contributed by atoms with Crippen molar-refractivity contribution in [2.45, 2.75) is 12.6 Å². The van der Waals surface area contributed by atoms with Crippen LogP contribution in [0.15, 0.2) is 36.9 Å². The second kappa shape index (κ2) is 8.89. The summed E-state index contributed by atoms with van der Waals surface area (Å²) in [6, 6.07) is 5.64. The molecule has 0 aromatic heterocycles. The number of carbonyl (C=O) groups is 2. The maximum Gasteiger partial charge on any atom is 0.328 e. The minimum absolute atomic E-state index is 0.116. The zero-order chi connectivity index (χ0) is 15.7. The van der Waals surface area contributed by atoms with E-state index in [1.54, 1.807) is 31.4 Å². The van der Waals surface area contributed by atoms with Crippen LogP contribution in [0.3, 0.4) is 0 Å². The van der Waals surface area contributed by atoms with Gasteiger partial charge in [-0.05, 0) is 17.7 Å². The minimum atomic E-state index is -1.15. The highest BCUT2D eigenvalue weighted by molar-refractivity contribution is 5.96. The summed E-state index contributed by atoms with van der Waals surface area (Å²) < 4.78 is 10.0. The fraction of sp³-hybridized carbons (Fsp3) is 0.333. The molecule has 0 aliphatic rings. The van der Waals surface area contributed by atoms with Gasteiger partial charge in [-0.1, -0.05) is 18.2 Å². The third-order valence-corrected chi connectivity index (χ3v) is 2.65. The number of carboxylic acid groups (broad SMARTS) is 1. The number of nitrogens with one attached hydrogen (secondary N) is 1. The van der Waals surface area contributed by atoms with Crippen molar-refractivity contribution in [1.29, 1.82) is 0 Å². The maximum absolute atomic E-state index is 12.0. The van der Waals surface area contributed by atoms with E-state index < -0.39 is 17.9 Å². The van der Waals surface area contributed by atoms with Crippen LogP contribution in [0.1, 0.15) is 15.9 Å². The summed E-state index contributed by atoms with van der Waals surface area (Å²) in [7, 11) is 1.58. The Bertz CT molecular complexity index is 483. The van der Waals surface area contributed by atoms with Gasteiger partial charge in [-0.3, -0.25) is 4.79 Å². The normalized spacial score (nSPS) is 11.7. The monoisotopic (exact) mass is 293 g/mol. The Morgan fingerprint density at radius 3 is 2.57 bits per heavy atom. The molecule has 0 aliphatic heterocycles. The van der Waals surface area contributed by atoms with Crippen LogP contribution in [0.25, 0.3) is 0 Å². The van der Waals surface area contributed by atoms with Crippen molar-refractivity contribution in [3.8, 4) is 0 Å². The average Bonchev–Trinajstić information content (AvgIpc) is 2.47. The van der Waals surface area contributed by atoms with Crippen molar-refractivity contribution in [1.82, 2.24) is 5.32 Å². The molecule has 0 aliphatic carbocycles. The van der Waals surface area contributed by atoms with Crippen LogP contribution >= 0.6 is 0 Å². The van der Waals surface area contributed by atoms with Crippen molar-refractivity contribution < 1.29 is 24.2 Å². The maximum atomic E-state index is 12.0. The van der Waals surface area contributed by atoms with Crippen molar-refractivity contribution >= 4 is 11.9 Å². The number of amides is 1. The van der Waals surface area contributed by atoms with Crippen molar-refractivity contribution in [2.75, 3.05) is 20.3 Å². The van der Waals surface area contributed by atoms with Gasteiger partial charge in [0.15, 0.2) is 6.04 Å². The predicted molar refractivity (Wildman–Crippen MR) is 77.1 cm³/mol. The number of rotatable bonds is 9. The van der Waals surface area contributed by atoms with E-state index in [9.17, 15) is 9.59 Å². The van der Waals surface area contributed by atoms with Gasteiger partial charge in [0.25, 0.3) is 5.91 Å². The fourth-order valence-electron chi connectivity index (χ4n) is 1.60. The summed E-state index contributed by atoms with van der Waals surface area (Å²) in [4.78, 5) is 23.0. The highest BCUT2D eigenvalue weighted by Gasteiger charge is 2.20. The van der Waals surface area contributed by atoms with Crippen LogP contribution in [0, 0.1) is 0 Å². The third-order valence-electron chi connectivity index (χ3n) is 2.65. The quantitative estimate of drug-likeness (QED) is 0.528. The molecule has 0 radical (unpaired) electrons. The predicted octanol–water partition coefficient (Wildman–Crippen LogP) is 1.22. The standard InChI is InChI=1S/C15H19NO5/c1-3-8-21-10-13(15(18)19)16-14(17)12-6-4-11(5-7-12)9-20-2/h3-7,13H,1,8-10H2,2H3,(H,16,17)(H,18,19). The average molecular weight is 293 g/mol. The lowest BCUT2D eigenvalue weighted by Crippen LogP contribution is -2.44. The van der Waals surface area contributed by atoms with E-state index in [2.05, 4.69) is 11.9 Å². The third kappa shape index (κ3) is 5.76. The van der Waals surface area contributed by atoms with Gasteiger partial charge in [0, 0.05) is 12.7 Å². The van der Waals surface area contributed by atoms with E-state index in [-0.39, 0.29) is 13.2 Å². The molecule has 6 heteroatoms. The first-order valence-electron chi connectivity index (χ1n) is 6.38. The number of benzene rings is 1. The molecule has 0 saturated carbocycles. The molecule has 1 unspecified atom stereocenters. The molecular formula is C15H19NO5. The summed E-state index contributed by atoms with van der Waals surface area (Å²) in [6.07, 6.45) is 1.51. The SMILES string of the molecule is C=CCOCC(NC(=O)c1ccc(COC)cc1)C(=O)O. The number of carboxylic acids is 1. The van der Waals surface area contributed by atoms with Gasteiger partial charge >= 0.3 is 5.97 Å². The number of aliphatic carboxylic acids is 1. The number of carbonyl (C=O) groups excluding carboxylic acids is 1. The topological polar surface area (TPSA) is 84.9 Å². The Kier molecular flexibility index (Phi) is 7.14. The van der Waals surface area contributed by atoms with E-state index in [1.807, 2.05) is 0 Å². The molecule has 0 fully saturated rings. The largest absolute Gasteiger partial charge is 0.480 e. The molecule has 1 amide bonds. The second-order valence-corrected chi connectivity index (χ2v) is 4.32. The van der Waals surface area contributed by atoms with Gasteiger partial charge < -0.3 is 19.9 Å². The number of methoxy groups -OCH3 is 1. The highest BCUT2D eigenvalue weighted by atomic mass is 16.5. The Morgan fingerprint density at radius 2 is 2.05 bits per heavy atom. The molecule has 21 heavy (non-hydrogen) atoms. The van der Waals surface area contributed by atoms with Gasteiger partial charge in [-0.2, -0.15) is 0 Å². The van der Waals surface area contributed by atoms with Crippen LogP contribution in [-0.2, 0) is 20.9 Å². The van der Waals surface area contributed by atoms with Crippen LogP contribution in [0.2, 0.25) is 0 Å². The van der Waals surface area contributed by atoms with Crippen molar-refractivity contribution in [3.05, 3.63) is 48.0 Å². The number of hydrogen-bond acceptors (Lipinski definition) is 4. The lowest BCUT2D eigenvalue weighted by Gasteiger charge is -2.14. The van der Waals surface area contributed by atoms with E-state index in [0.717, 1.165) is 5.56 Å². The molecule has 0 bridgehead atoms. The Labute approximate surface area is 123 Å². The molecule has 1 atom stereocenters. The van der Waals surface area contributed by atoms with Gasteiger partial charge in [-0.25, -0.2) is 4.79 Å². The summed E-state index contributed by atoms with van der Waals surface area (Å²) in [5.74, 6) is -1.61. The molecule has 1 aromatic rings. The van der Waals surface area contributed by atoms with Gasteiger partial charge in [0.2, 0.25) is 0 Å². The van der Waals surface area contributed by atoms with Crippen LogP contribution in [0.5, 0.6) is 0 Å². The Balaban J connectivity index is 2.63. The van der Waals surface area contributed by atoms with Crippen LogP contribution in [-0.4, -0.2) is 43.3 Å². The molecule has 0 saturated heterocycles. The lowest BCUT2D eigenvalue weighted by molar-refractivity contribution is -0.140. The molecule has 0 heterocycles. The molecule has 1 rings (SSSR count). The highest BCUT2D eigenvalue weighted by Crippen LogP contribution is 2.06. The summed E-state index contributed by atoms with van der Waals surface area (Å²) in [6.45, 7) is 4.03. The molecule has 114 valence electrons. The van der Waals surface area contributed by atoms with Gasteiger partial charge in [0.05, 0.1) is 19.8 Å². The first-order valence-corrected chi connectivity index (χ1v) is 6.38. The Morgan fingerprint density at radius 1 is 1.38 bits per heavy atom. The Hall–Kier alpha value is -2.18. The summed E-state index contributed by atoms with van der Waals surface area (Å²) in [5.41, 5.74) is 1.31. The van der Waals surface area contributed by atoms with E-state index >= 15 is 0 Å². The number of ether oxygens (including phenoxy) is 2. The molecular weight excluding hydrogens is 274 g/mol. The lowest BCUT2D eigenvalue weighted by atomic mass is 10.1. The molecule has 0 spiro atoms. The fourth-order valence-corrected chi connectivity index (χ4v) is 1.60. The van der Waals surface area contributed by atoms with E-state index in [0.29, 0.717) is 12.2 Å². The first-order chi connectivity index (χ1) is 10.1. The summed E-state index contributed by atoms with van der Waals surface area (Å²) >= 11 is 0. The molecule has 2 N–H and O–H groups in total. The number of hydrogen-bond donors (Lipinski definition) is 2. The van der Waals surface area contributed by atoms with Crippen LogP contribution in [0.4, 0.5) is 0 Å². The summed E-state index contributed by atoms with van der Waals surface area (Å²) in [5, 5.41) is 11.5. The van der Waals surface area contributed by atoms with E-state index in [4.69, 9.17) is 14.6 Å². The van der Waals surface area contributed by atoms with E-state index in [1.165, 1.54) is 6.08 Å². The zero-order valence-corrected chi connectivity index (χ0v) is 11.9. The zero-order valence-electron chi connectivity index (χ0n) is 11.9. The van der Waals surface area contributed by atoms with Gasteiger partial charge in [0.1, 0.15) is 0 Å². The van der Waals surface area contributed by atoms with Crippen molar-refractivity contribution in [3.63, 3.8) is 0 Å². The molecule has 1 aromatic carbocycles. The smallest absolute Gasteiger partial charge is 0.328 e. The molecule has 6 nitrogen and oxygen atoms in total. The second-order valence-electron chi connectivity index (χ2n) is 4.32. The minimum Gasteiger partial charge on any atom is -0.480 e.